The number of aryl methyl sites for hydroxylation is 1. The van der Waals surface area contributed by atoms with E-state index in [1.807, 2.05) is 0 Å². The van der Waals surface area contributed by atoms with E-state index in [1.54, 1.807) is 24.3 Å². The maximum Gasteiger partial charge on any atom is 0.242 e. The van der Waals surface area contributed by atoms with Crippen molar-refractivity contribution in [3.8, 4) is 11.4 Å². The second-order valence-corrected chi connectivity index (χ2v) is 7.46. The molecule has 2 aromatic carbocycles. The molecule has 0 saturated carbocycles. The van der Waals surface area contributed by atoms with Crippen LogP contribution in [0, 0.1) is 12.7 Å². The summed E-state index contributed by atoms with van der Waals surface area (Å²) in [5.41, 5.74) is 0.892. The van der Waals surface area contributed by atoms with Crippen LogP contribution in [0.25, 0.3) is 11.4 Å². The quantitative estimate of drug-likeness (QED) is 0.732. The van der Waals surface area contributed by atoms with Gasteiger partial charge in [0.2, 0.25) is 21.7 Å². The number of benzene rings is 2. The third kappa shape index (κ3) is 4.04. The standard InChI is InChI=1S/C16H13ClFN3O3S/c1-10-7-13(5-6-14(10)18)25(22,23)19-9-15-20-16(21-24-15)11-3-2-4-12(17)8-11/h2-8,19H,9H2,1H3. The van der Waals surface area contributed by atoms with Gasteiger partial charge in [0.05, 0.1) is 11.4 Å². The van der Waals surface area contributed by atoms with Crippen molar-refractivity contribution in [1.82, 2.24) is 14.9 Å². The molecule has 0 bridgehead atoms. The zero-order valence-corrected chi connectivity index (χ0v) is 14.6. The smallest absolute Gasteiger partial charge is 0.242 e. The van der Waals surface area contributed by atoms with E-state index in [0.29, 0.717) is 16.4 Å². The number of rotatable bonds is 5. The van der Waals surface area contributed by atoms with E-state index in [9.17, 15) is 12.8 Å². The molecule has 3 rings (SSSR count). The van der Waals surface area contributed by atoms with E-state index in [1.165, 1.54) is 19.1 Å². The van der Waals surface area contributed by atoms with Crippen LogP contribution in [0.5, 0.6) is 0 Å². The Morgan fingerprint density at radius 2 is 2.04 bits per heavy atom. The van der Waals surface area contributed by atoms with Crippen molar-refractivity contribution in [2.45, 2.75) is 18.4 Å². The lowest BCUT2D eigenvalue weighted by molar-refractivity contribution is 0.376. The monoisotopic (exact) mass is 381 g/mol. The molecule has 0 aliphatic rings. The molecule has 0 amide bonds. The molecule has 1 heterocycles. The lowest BCUT2D eigenvalue weighted by atomic mass is 10.2. The Bertz CT molecular complexity index is 1020. The minimum Gasteiger partial charge on any atom is -0.338 e. The van der Waals surface area contributed by atoms with E-state index in [-0.39, 0.29) is 22.9 Å². The highest BCUT2D eigenvalue weighted by atomic mass is 35.5. The van der Waals surface area contributed by atoms with E-state index in [2.05, 4.69) is 14.9 Å². The second kappa shape index (κ2) is 6.91. The van der Waals surface area contributed by atoms with E-state index < -0.39 is 15.8 Å². The first-order chi connectivity index (χ1) is 11.8. The van der Waals surface area contributed by atoms with Crippen LogP contribution in [0.3, 0.4) is 0 Å². The molecule has 0 aliphatic carbocycles. The number of aromatic nitrogens is 2. The van der Waals surface area contributed by atoms with Gasteiger partial charge in [-0.05, 0) is 42.8 Å². The summed E-state index contributed by atoms with van der Waals surface area (Å²) in [6.45, 7) is 1.30. The van der Waals surface area contributed by atoms with Crippen LogP contribution in [0.2, 0.25) is 5.02 Å². The lowest BCUT2D eigenvalue weighted by Gasteiger charge is -2.05. The van der Waals surface area contributed by atoms with Crippen molar-refractivity contribution in [3.05, 3.63) is 64.8 Å². The Kier molecular flexibility index (Phi) is 4.85. The zero-order valence-electron chi connectivity index (χ0n) is 13.0. The average Bonchev–Trinajstić information content (AvgIpc) is 3.05. The highest BCUT2D eigenvalue weighted by Gasteiger charge is 2.17. The molecule has 0 radical (unpaired) electrons. The Morgan fingerprint density at radius 3 is 2.76 bits per heavy atom. The minimum absolute atomic E-state index is 0.0408. The van der Waals surface area contributed by atoms with Gasteiger partial charge in [0.1, 0.15) is 5.82 Å². The Balaban J connectivity index is 1.74. The van der Waals surface area contributed by atoms with Crippen LogP contribution in [0.4, 0.5) is 4.39 Å². The van der Waals surface area contributed by atoms with Gasteiger partial charge < -0.3 is 4.52 Å². The van der Waals surface area contributed by atoms with Crippen LogP contribution in [0.1, 0.15) is 11.5 Å². The van der Waals surface area contributed by atoms with Crippen LogP contribution in [-0.4, -0.2) is 18.6 Å². The van der Waals surface area contributed by atoms with Gasteiger partial charge >= 0.3 is 0 Å². The molecule has 0 unspecified atom stereocenters. The molecule has 1 aromatic heterocycles. The van der Waals surface area contributed by atoms with E-state index in [4.69, 9.17) is 16.1 Å². The minimum atomic E-state index is -3.83. The third-order valence-electron chi connectivity index (χ3n) is 3.40. The Morgan fingerprint density at radius 1 is 1.24 bits per heavy atom. The van der Waals surface area contributed by atoms with Gasteiger partial charge in [-0.3, -0.25) is 0 Å². The Labute approximate surface area is 148 Å². The molecular formula is C16H13ClFN3O3S. The first-order valence-electron chi connectivity index (χ1n) is 7.19. The number of nitrogens with zero attached hydrogens (tertiary/aromatic N) is 2. The largest absolute Gasteiger partial charge is 0.338 e. The highest BCUT2D eigenvalue weighted by Crippen LogP contribution is 2.20. The predicted molar refractivity (Wildman–Crippen MR) is 89.9 cm³/mol. The fourth-order valence-electron chi connectivity index (χ4n) is 2.10. The SMILES string of the molecule is Cc1cc(S(=O)(=O)NCc2nc(-c3cccc(Cl)c3)no2)ccc1F. The average molecular weight is 382 g/mol. The lowest BCUT2D eigenvalue weighted by Crippen LogP contribution is -2.23. The van der Waals surface area contributed by atoms with Gasteiger partial charge in [-0.15, -0.1) is 0 Å². The summed E-state index contributed by atoms with van der Waals surface area (Å²) < 4.78 is 45.2. The maximum atomic E-state index is 13.3. The van der Waals surface area contributed by atoms with Gasteiger partial charge in [-0.25, -0.2) is 17.5 Å². The van der Waals surface area contributed by atoms with Crippen molar-refractivity contribution in [2.75, 3.05) is 0 Å². The molecule has 0 aliphatic heterocycles. The molecule has 0 fully saturated rings. The summed E-state index contributed by atoms with van der Waals surface area (Å²) in [6, 6.07) is 10.4. The molecule has 3 aromatic rings. The molecule has 0 saturated heterocycles. The molecule has 130 valence electrons. The van der Waals surface area contributed by atoms with Gasteiger partial charge in [0.15, 0.2) is 0 Å². The first-order valence-corrected chi connectivity index (χ1v) is 9.05. The number of sulfonamides is 1. The summed E-state index contributed by atoms with van der Waals surface area (Å²) >= 11 is 5.91. The topological polar surface area (TPSA) is 85.1 Å². The van der Waals surface area contributed by atoms with Gasteiger partial charge in [0, 0.05) is 10.6 Å². The fraction of sp³-hybridized carbons (Fsp3) is 0.125. The maximum absolute atomic E-state index is 13.3. The molecule has 25 heavy (non-hydrogen) atoms. The third-order valence-corrected chi connectivity index (χ3v) is 5.04. The van der Waals surface area contributed by atoms with Crippen molar-refractivity contribution >= 4 is 21.6 Å². The number of hydrogen-bond acceptors (Lipinski definition) is 5. The van der Waals surface area contributed by atoms with Gasteiger partial charge in [-0.1, -0.05) is 28.9 Å². The van der Waals surface area contributed by atoms with E-state index >= 15 is 0 Å². The van der Waals surface area contributed by atoms with Crippen molar-refractivity contribution in [1.29, 1.82) is 0 Å². The van der Waals surface area contributed by atoms with Crippen LogP contribution in [-0.2, 0) is 16.6 Å². The van der Waals surface area contributed by atoms with Gasteiger partial charge in [-0.2, -0.15) is 4.98 Å². The molecule has 6 nitrogen and oxygen atoms in total. The van der Waals surface area contributed by atoms with E-state index in [0.717, 1.165) is 6.07 Å². The molecule has 0 spiro atoms. The van der Waals surface area contributed by atoms with Crippen molar-refractivity contribution in [3.63, 3.8) is 0 Å². The van der Waals surface area contributed by atoms with Crippen LogP contribution >= 0.6 is 11.6 Å². The normalized spacial score (nSPS) is 11.6. The number of nitrogens with one attached hydrogen (secondary N) is 1. The first kappa shape index (κ1) is 17.5. The molecular weight excluding hydrogens is 369 g/mol. The predicted octanol–water partition coefficient (Wildman–Crippen LogP) is 3.32. The van der Waals surface area contributed by atoms with Crippen LogP contribution < -0.4 is 4.72 Å². The van der Waals surface area contributed by atoms with Crippen molar-refractivity contribution in [2.24, 2.45) is 0 Å². The molecule has 1 N–H and O–H groups in total. The number of halogens is 2. The summed E-state index contributed by atoms with van der Waals surface area (Å²) in [4.78, 5) is 4.09. The fourth-order valence-corrected chi connectivity index (χ4v) is 3.35. The molecule has 0 atom stereocenters. The number of hydrogen-bond donors (Lipinski definition) is 1. The highest BCUT2D eigenvalue weighted by molar-refractivity contribution is 7.89. The second-order valence-electron chi connectivity index (χ2n) is 5.26. The summed E-state index contributed by atoms with van der Waals surface area (Å²) in [5, 5.41) is 4.32. The van der Waals surface area contributed by atoms with Crippen molar-refractivity contribution < 1.29 is 17.3 Å². The van der Waals surface area contributed by atoms with Crippen LogP contribution in [0.15, 0.2) is 51.9 Å². The summed E-state index contributed by atoms with van der Waals surface area (Å²) in [6.07, 6.45) is 0. The zero-order chi connectivity index (χ0) is 18.0. The summed E-state index contributed by atoms with van der Waals surface area (Å²) in [7, 11) is -3.83. The summed E-state index contributed by atoms with van der Waals surface area (Å²) in [5.74, 6) is -0.0753. The molecule has 9 heteroatoms. The van der Waals surface area contributed by atoms with Gasteiger partial charge in [0.25, 0.3) is 0 Å². The Hall–Kier alpha value is -2.29.